The van der Waals surface area contributed by atoms with Gasteiger partial charge in [0.05, 0.1) is 22.4 Å². The number of fused-ring (bicyclic) bond motifs is 4. The van der Waals surface area contributed by atoms with E-state index in [9.17, 15) is 0 Å². The van der Waals surface area contributed by atoms with Crippen LogP contribution in [0.25, 0.3) is 61.4 Å². The van der Waals surface area contributed by atoms with E-state index in [2.05, 4.69) is 186 Å². The van der Waals surface area contributed by atoms with Crippen LogP contribution in [0.15, 0.2) is 194 Å². The van der Waals surface area contributed by atoms with Crippen LogP contribution in [0.3, 0.4) is 0 Å². The Kier molecular flexibility index (Phi) is 7.67. The van der Waals surface area contributed by atoms with Crippen molar-refractivity contribution in [2.24, 2.45) is 0 Å². The van der Waals surface area contributed by atoms with E-state index in [1.54, 1.807) is 0 Å². The highest BCUT2D eigenvalue weighted by Crippen LogP contribution is 2.40. The van der Waals surface area contributed by atoms with E-state index in [0.29, 0.717) is 5.82 Å². The molecule has 2 aromatic heterocycles. The Balaban J connectivity index is 1.35. The lowest BCUT2D eigenvalue weighted by molar-refractivity contribution is 1.13. The number of anilines is 2. The summed E-state index contributed by atoms with van der Waals surface area (Å²) in [6, 6.07) is 55.3. The van der Waals surface area contributed by atoms with Crippen molar-refractivity contribution in [2.75, 3.05) is 4.90 Å². The van der Waals surface area contributed by atoms with Crippen LogP contribution >= 0.6 is 0 Å². The summed E-state index contributed by atoms with van der Waals surface area (Å²) in [5.41, 5.74) is 12.2. The van der Waals surface area contributed by atoms with Gasteiger partial charge in [-0.15, -0.1) is 0 Å². The monoisotopic (exact) mass is 654 g/mol. The topological polar surface area (TPSA) is 34.0 Å². The van der Waals surface area contributed by atoms with Crippen molar-refractivity contribution in [3.8, 4) is 39.6 Å². The average Bonchev–Trinajstić information content (AvgIpc) is 3.56. The van der Waals surface area contributed by atoms with Crippen LogP contribution in [0.1, 0.15) is 5.56 Å². The van der Waals surface area contributed by atoms with Crippen LogP contribution in [-0.2, 0) is 6.42 Å². The van der Waals surface area contributed by atoms with Gasteiger partial charge < -0.3 is 9.47 Å². The van der Waals surface area contributed by atoms with Crippen molar-refractivity contribution in [2.45, 2.75) is 6.42 Å². The van der Waals surface area contributed by atoms with Crippen molar-refractivity contribution in [1.29, 1.82) is 0 Å². The van der Waals surface area contributed by atoms with Crippen molar-refractivity contribution in [3.05, 3.63) is 200 Å². The molecule has 0 aliphatic carbocycles. The van der Waals surface area contributed by atoms with E-state index in [1.165, 1.54) is 16.3 Å². The summed E-state index contributed by atoms with van der Waals surface area (Å²) in [5, 5.41) is 2.42. The zero-order valence-corrected chi connectivity index (χ0v) is 28.0. The molecule has 0 saturated heterocycles. The second kappa shape index (κ2) is 12.9. The highest BCUT2D eigenvalue weighted by molar-refractivity contribution is 6.09. The fourth-order valence-electron chi connectivity index (χ4n) is 7.15. The summed E-state index contributed by atoms with van der Waals surface area (Å²) in [6.45, 7) is 4.58. The minimum absolute atomic E-state index is 0.652. The van der Waals surface area contributed by atoms with E-state index in [0.717, 1.165) is 68.3 Å². The summed E-state index contributed by atoms with van der Waals surface area (Å²) in [4.78, 5) is 12.8. The maximum Gasteiger partial charge on any atom is 0.160 e. The first-order chi connectivity index (χ1) is 25.2. The third-order valence-corrected chi connectivity index (χ3v) is 9.52. The predicted molar refractivity (Wildman–Crippen MR) is 212 cm³/mol. The van der Waals surface area contributed by atoms with Gasteiger partial charge in [0, 0.05) is 50.2 Å². The number of para-hydroxylation sites is 3. The SMILES string of the molecule is C=C1/C=C\C=C/Cc2ccccc2N1c1cc(-c2nc(-c3ccccc3)cc(-c3ccccc3)n2)cc(-n2c3ccccc3c3ccccc32)c1. The number of benzene rings is 6. The molecule has 3 heterocycles. The summed E-state index contributed by atoms with van der Waals surface area (Å²) in [5.74, 6) is 0.652. The van der Waals surface area contributed by atoms with Crippen molar-refractivity contribution < 1.29 is 0 Å². The maximum absolute atomic E-state index is 5.26. The Morgan fingerprint density at radius 3 is 1.75 bits per heavy atom. The summed E-state index contributed by atoms with van der Waals surface area (Å²) >= 11 is 0. The molecule has 0 fully saturated rings. The van der Waals surface area contributed by atoms with Gasteiger partial charge in [-0.3, -0.25) is 0 Å². The van der Waals surface area contributed by atoms with Gasteiger partial charge in [-0.25, -0.2) is 9.97 Å². The quantitative estimate of drug-likeness (QED) is 0.185. The van der Waals surface area contributed by atoms with Crippen LogP contribution in [0.5, 0.6) is 0 Å². The minimum atomic E-state index is 0.652. The van der Waals surface area contributed by atoms with Gasteiger partial charge in [0.25, 0.3) is 0 Å². The van der Waals surface area contributed by atoms with Gasteiger partial charge in [-0.05, 0) is 60.5 Å². The van der Waals surface area contributed by atoms with Crippen molar-refractivity contribution in [1.82, 2.24) is 14.5 Å². The zero-order chi connectivity index (χ0) is 34.1. The molecule has 6 aromatic carbocycles. The van der Waals surface area contributed by atoms with Crippen LogP contribution in [0.4, 0.5) is 11.4 Å². The van der Waals surface area contributed by atoms with Gasteiger partial charge in [-0.2, -0.15) is 0 Å². The molecule has 4 nitrogen and oxygen atoms in total. The van der Waals surface area contributed by atoms with Crippen molar-refractivity contribution in [3.63, 3.8) is 0 Å². The molecule has 4 heteroatoms. The van der Waals surface area contributed by atoms with Crippen LogP contribution in [0.2, 0.25) is 0 Å². The largest absolute Gasteiger partial charge is 0.311 e. The van der Waals surface area contributed by atoms with Gasteiger partial charge >= 0.3 is 0 Å². The van der Waals surface area contributed by atoms with Crippen LogP contribution in [-0.4, -0.2) is 14.5 Å². The fourth-order valence-corrected chi connectivity index (χ4v) is 7.15. The van der Waals surface area contributed by atoms with Crippen molar-refractivity contribution >= 4 is 33.2 Å². The first-order valence-corrected chi connectivity index (χ1v) is 17.3. The number of aromatic nitrogens is 3. The molecule has 9 rings (SSSR count). The smallest absolute Gasteiger partial charge is 0.160 e. The molecule has 0 saturated carbocycles. The third-order valence-electron chi connectivity index (χ3n) is 9.52. The zero-order valence-electron chi connectivity index (χ0n) is 28.0. The molecule has 0 spiro atoms. The van der Waals surface area contributed by atoms with Gasteiger partial charge in [-0.1, -0.05) is 140 Å². The number of nitrogens with zero attached hydrogens (tertiary/aromatic N) is 4. The Hall–Kier alpha value is -6.78. The molecule has 242 valence electrons. The highest BCUT2D eigenvalue weighted by Gasteiger charge is 2.21. The van der Waals surface area contributed by atoms with E-state index in [1.807, 2.05) is 12.1 Å². The normalized spacial score (nSPS) is 14.1. The number of hydrogen-bond donors (Lipinski definition) is 0. The summed E-state index contributed by atoms with van der Waals surface area (Å²) in [6.07, 6.45) is 9.24. The molecule has 1 aliphatic heterocycles. The van der Waals surface area contributed by atoms with E-state index < -0.39 is 0 Å². The molecule has 8 aromatic rings. The number of hydrogen-bond acceptors (Lipinski definition) is 3. The molecule has 0 unspecified atom stereocenters. The lowest BCUT2D eigenvalue weighted by atomic mass is 10.0. The van der Waals surface area contributed by atoms with Crippen LogP contribution < -0.4 is 4.90 Å². The average molecular weight is 655 g/mol. The molecule has 1 aliphatic rings. The minimum Gasteiger partial charge on any atom is -0.311 e. The summed E-state index contributed by atoms with van der Waals surface area (Å²) < 4.78 is 2.36. The standard InChI is InChI=1S/C47H34N4/c1-33-17-5-2-10-22-36-23-11-14-26-44(36)50(33)38-29-37(30-39(31-38)51-45-27-15-12-24-40(45)41-25-13-16-28-46(41)51)47-48-42(34-18-6-3-7-19-34)32-43(49-47)35-20-8-4-9-21-35/h2-21,23-32H,1,22H2/b10-2-,17-5-. The van der Waals surface area contributed by atoms with Gasteiger partial charge in [0.15, 0.2) is 5.82 Å². The second-order valence-electron chi connectivity index (χ2n) is 12.7. The van der Waals surface area contributed by atoms with E-state index in [-0.39, 0.29) is 0 Å². The molecule has 0 atom stereocenters. The third kappa shape index (κ3) is 5.63. The fraction of sp³-hybridized carbons (Fsp3) is 0.0213. The predicted octanol–water partition coefficient (Wildman–Crippen LogP) is 11.9. The number of rotatable bonds is 5. The Morgan fingerprint density at radius 2 is 1.08 bits per heavy atom. The second-order valence-corrected chi connectivity index (χ2v) is 12.7. The highest BCUT2D eigenvalue weighted by atomic mass is 15.2. The lowest BCUT2D eigenvalue weighted by Gasteiger charge is -2.28. The lowest BCUT2D eigenvalue weighted by Crippen LogP contribution is -2.16. The first-order valence-electron chi connectivity index (χ1n) is 17.3. The Labute approximate surface area is 297 Å². The molecule has 0 N–H and O–H groups in total. The summed E-state index contributed by atoms with van der Waals surface area (Å²) in [7, 11) is 0. The van der Waals surface area contributed by atoms with Gasteiger partial charge in [0.2, 0.25) is 0 Å². The van der Waals surface area contributed by atoms with Gasteiger partial charge in [0.1, 0.15) is 0 Å². The Morgan fingerprint density at radius 1 is 0.510 bits per heavy atom. The molecule has 51 heavy (non-hydrogen) atoms. The van der Waals surface area contributed by atoms with E-state index >= 15 is 0 Å². The Bertz CT molecular complexity index is 2520. The first kappa shape index (κ1) is 30.3. The van der Waals surface area contributed by atoms with Crippen LogP contribution in [0, 0.1) is 0 Å². The molecule has 0 bridgehead atoms. The van der Waals surface area contributed by atoms with E-state index in [4.69, 9.17) is 9.97 Å². The molecule has 0 amide bonds. The maximum atomic E-state index is 5.26. The molecular formula is C47H34N4. The molecule has 0 radical (unpaired) electrons. The number of allylic oxidation sites excluding steroid dienone is 4. The molecular weight excluding hydrogens is 621 g/mol.